The van der Waals surface area contributed by atoms with Crippen molar-refractivity contribution in [2.45, 2.75) is 33.0 Å². The molecule has 2 atom stereocenters. The Bertz CT molecular complexity index is 898. The van der Waals surface area contributed by atoms with Crippen molar-refractivity contribution in [3.8, 4) is 11.4 Å². The highest BCUT2D eigenvalue weighted by molar-refractivity contribution is 5.65. The van der Waals surface area contributed by atoms with Crippen molar-refractivity contribution >= 4 is 17.3 Å². The number of aromatic nitrogens is 3. The SMILES string of the molecule is Cc1cc(Nc2n[nH]c(-c3ccccc3)n2)cc(N2CC(C)OC(C)C2)c1. The molecule has 4 rings (SSSR count). The third-order valence-corrected chi connectivity index (χ3v) is 4.64. The monoisotopic (exact) mass is 363 g/mol. The van der Waals surface area contributed by atoms with Crippen LogP contribution in [0.4, 0.5) is 17.3 Å². The number of H-pyrrole nitrogens is 1. The van der Waals surface area contributed by atoms with E-state index in [0.717, 1.165) is 30.2 Å². The zero-order valence-electron chi connectivity index (χ0n) is 15.9. The number of benzene rings is 2. The number of nitrogens with zero attached hydrogens (tertiary/aromatic N) is 3. The van der Waals surface area contributed by atoms with Crippen LogP contribution in [0, 0.1) is 6.92 Å². The predicted molar refractivity (Wildman–Crippen MR) is 109 cm³/mol. The highest BCUT2D eigenvalue weighted by Gasteiger charge is 2.22. The first kappa shape index (κ1) is 17.5. The molecule has 2 unspecified atom stereocenters. The fraction of sp³-hybridized carbons (Fsp3) is 0.333. The van der Waals surface area contributed by atoms with E-state index in [9.17, 15) is 0 Å². The van der Waals surface area contributed by atoms with Crippen LogP contribution in [-0.2, 0) is 4.74 Å². The molecule has 1 aliphatic rings. The second-order valence-electron chi connectivity index (χ2n) is 7.22. The fourth-order valence-corrected chi connectivity index (χ4v) is 3.58. The van der Waals surface area contributed by atoms with Gasteiger partial charge in [-0.2, -0.15) is 4.98 Å². The summed E-state index contributed by atoms with van der Waals surface area (Å²) in [5.74, 6) is 1.32. The third-order valence-electron chi connectivity index (χ3n) is 4.64. The van der Waals surface area contributed by atoms with E-state index in [4.69, 9.17) is 4.74 Å². The van der Waals surface area contributed by atoms with Gasteiger partial charge < -0.3 is 15.0 Å². The molecule has 0 bridgehead atoms. The minimum absolute atomic E-state index is 0.229. The Morgan fingerprint density at radius 1 is 1.07 bits per heavy atom. The molecule has 3 aromatic rings. The van der Waals surface area contributed by atoms with Gasteiger partial charge in [0.15, 0.2) is 5.82 Å². The van der Waals surface area contributed by atoms with Gasteiger partial charge in [0.25, 0.3) is 0 Å². The van der Waals surface area contributed by atoms with Gasteiger partial charge in [0, 0.05) is 30.0 Å². The lowest BCUT2D eigenvalue weighted by molar-refractivity contribution is -0.00521. The molecule has 1 saturated heterocycles. The molecule has 27 heavy (non-hydrogen) atoms. The Hall–Kier alpha value is -2.86. The molecule has 6 nitrogen and oxygen atoms in total. The van der Waals surface area contributed by atoms with Gasteiger partial charge in [-0.05, 0) is 44.5 Å². The number of nitrogens with one attached hydrogen (secondary N) is 2. The summed E-state index contributed by atoms with van der Waals surface area (Å²) in [6, 6.07) is 16.4. The Morgan fingerprint density at radius 3 is 2.56 bits per heavy atom. The van der Waals surface area contributed by atoms with Crippen molar-refractivity contribution in [3.63, 3.8) is 0 Å². The maximum absolute atomic E-state index is 5.86. The minimum atomic E-state index is 0.229. The summed E-state index contributed by atoms with van der Waals surface area (Å²) in [4.78, 5) is 6.94. The van der Waals surface area contributed by atoms with Crippen LogP contribution in [0.3, 0.4) is 0 Å². The number of morpholine rings is 1. The lowest BCUT2D eigenvalue weighted by Gasteiger charge is -2.37. The van der Waals surface area contributed by atoms with Crippen LogP contribution in [0.25, 0.3) is 11.4 Å². The van der Waals surface area contributed by atoms with E-state index < -0.39 is 0 Å². The summed E-state index contributed by atoms with van der Waals surface area (Å²) in [7, 11) is 0. The highest BCUT2D eigenvalue weighted by atomic mass is 16.5. The number of aromatic amines is 1. The van der Waals surface area contributed by atoms with Gasteiger partial charge in [-0.1, -0.05) is 30.3 Å². The van der Waals surface area contributed by atoms with Crippen LogP contribution in [-0.4, -0.2) is 40.5 Å². The molecule has 0 spiro atoms. The molecule has 0 amide bonds. The summed E-state index contributed by atoms with van der Waals surface area (Å²) >= 11 is 0. The highest BCUT2D eigenvalue weighted by Crippen LogP contribution is 2.27. The van der Waals surface area contributed by atoms with E-state index in [1.54, 1.807) is 0 Å². The van der Waals surface area contributed by atoms with Crippen LogP contribution in [0.2, 0.25) is 0 Å². The van der Waals surface area contributed by atoms with E-state index in [1.165, 1.54) is 11.3 Å². The maximum atomic E-state index is 5.86. The van der Waals surface area contributed by atoms with E-state index in [0.29, 0.717) is 5.95 Å². The first-order valence-electron chi connectivity index (χ1n) is 9.34. The standard InChI is InChI=1S/C21H25N5O/c1-14-9-18(11-19(10-14)26-12-15(2)27-16(3)13-26)22-21-23-20(24-25-21)17-7-5-4-6-8-17/h4-11,15-16H,12-13H2,1-3H3,(H2,22,23,24,25). The number of aryl methyl sites for hydroxylation is 1. The number of hydrogen-bond donors (Lipinski definition) is 2. The van der Waals surface area contributed by atoms with E-state index in [1.807, 2.05) is 30.3 Å². The molecule has 1 aromatic heterocycles. The van der Waals surface area contributed by atoms with Crippen molar-refractivity contribution in [1.82, 2.24) is 15.2 Å². The van der Waals surface area contributed by atoms with E-state index >= 15 is 0 Å². The normalized spacial score (nSPS) is 19.9. The number of ether oxygens (including phenoxy) is 1. The van der Waals surface area contributed by atoms with Crippen LogP contribution < -0.4 is 10.2 Å². The molecule has 6 heteroatoms. The Balaban J connectivity index is 1.55. The summed E-state index contributed by atoms with van der Waals surface area (Å²) < 4.78 is 5.86. The molecule has 2 heterocycles. The smallest absolute Gasteiger partial charge is 0.246 e. The van der Waals surface area contributed by atoms with Crippen molar-refractivity contribution in [1.29, 1.82) is 0 Å². The number of hydrogen-bond acceptors (Lipinski definition) is 5. The van der Waals surface area contributed by atoms with Gasteiger partial charge in [-0.3, -0.25) is 5.10 Å². The van der Waals surface area contributed by atoms with Crippen LogP contribution in [0.5, 0.6) is 0 Å². The van der Waals surface area contributed by atoms with Gasteiger partial charge in [0.2, 0.25) is 5.95 Å². The molecule has 0 aliphatic carbocycles. The average molecular weight is 363 g/mol. The van der Waals surface area contributed by atoms with Gasteiger partial charge >= 0.3 is 0 Å². The number of anilines is 3. The first-order valence-corrected chi connectivity index (χ1v) is 9.34. The number of rotatable bonds is 4. The van der Waals surface area contributed by atoms with Crippen molar-refractivity contribution < 1.29 is 4.74 Å². The maximum Gasteiger partial charge on any atom is 0.246 e. The van der Waals surface area contributed by atoms with Gasteiger partial charge in [-0.25, -0.2) is 0 Å². The summed E-state index contributed by atoms with van der Waals surface area (Å²) in [6.07, 6.45) is 0.458. The summed E-state index contributed by atoms with van der Waals surface area (Å²) in [5, 5.41) is 10.6. The van der Waals surface area contributed by atoms with Gasteiger partial charge in [0.1, 0.15) is 0 Å². The average Bonchev–Trinajstić information content (AvgIpc) is 3.09. The molecule has 0 saturated carbocycles. The zero-order valence-corrected chi connectivity index (χ0v) is 15.9. The second kappa shape index (κ2) is 7.40. The zero-order chi connectivity index (χ0) is 18.8. The van der Waals surface area contributed by atoms with E-state index in [-0.39, 0.29) is 12.2 Å². The largest absolute Gasteiger partial charge is 0.372 e. The van der Waals surface area contributed by atoms with Crippen LogP contribution in [0.1, 0.15) is 19.4 Å². The predicted octanol–water partition coefficient (Wildman–Crippen LogP) is 4.14. The van der Waals surface area contributed by atoms with Crippen molar-refractivity contribution in [3.05, 3.63) is 54.1 Å². The minimum Gasteiger partial charge on any atom is -0.372 e. The topological polar surface area (TPSA) is 66.1 Å². The van der Waals surface area contributed by atoms with Crippen molar-refractivity contribution in [2.24, 2.45) is 0 Å². The van der Waals surface area contributed by atoms with Crippen LogP contribution in [0.15, 0.2) is 48.5 Å². The second-order valence-corrected chi connectivity index (χ2v) is 7.22. The molecule has 2 aromatic carbocycles. The van der Waals surface area contributed by atoms with Gasteiger partial charge in [0.05, 0.1) is 12.2 Å². The molecular formula is C21H25N5O. The van der Waals surface area contributed by atoms with Crippen molar-refractivity contribution in [2.75, 3.05) is 23.3 Å². The quantitative estimate of drug-likeness (QED) is 0.729. The Kier molecular flexibility index (Phi) is 4.81. The van der Waals surface area contributed by atoms with E-state index in [2.05, 4.69) is 64.4 Å². The fourth-order valence-electron chi connectivity index (χ4n) is 3.58. The molecule has 0 radical (unpaired) electrons. The summed E-state index contributed by atoms with van der Waals surface area (Å²) in [6.45, 7) is 8.14. The van der Waals surface area contributed by atoms with Crippen LogP contribution >= 0.6 is 0 Å². The first-order chi connectivity index (χ1) is 13.1. The molecule has 1 fully saturated rings. The molecule has 140 valence electrons. The molecular weight excluding hydrogens is 338 g/mol. The molecule has 1 aliphatic heterocycles. The third kappa shape index (κ3) is 4.11. The Labute approximate surface area is 159 Å². The lowest BCUT2D eigenvalue weighted by Crippen LogP contribution is -2.45. The molecule has 2 N–H and O–H groups in total. The van der Waals surface area contributed by atoms with Gasteiger partial charge in [-0.15, -0.1) is 5.10 Å². The summed E-state index contributed by atoms with van der Waals surface area (Å²) in [5.41, 5.74) is 4.38. The Morgan fingerprint density at radius 2 is 1.81 bits per heavy atom. The lowest BCUT2D eigenvalue weighted by atomic mass is 10.1.